The van der Waals surface area contributed by atoms with E-state index in [1.807, 2.05) is 35.9 Å². The lowest BCUT2D eigenvalue weighted by atomic mass is 9.99. The molecule has 0 saturated heterocycles. The summed E-state index contributed by atoms with van der Waals surface area (Å²) < 4.78 is 7.28. The van der Waals surface area contributed by atoms with Crippen LogP contribution in [0.15, 0.2) is 35.0 Å². The molecule has 1 aliphatic carbocycles. The van der Waals surface area contributed by atoms with Crippen molar-refractivity contribution in [2.24, 2.45) is 5.73 Å². The summed E-state index contributed by atoms with van der Waals surface area (Å²) >= 11 is 5.94. The Bertz CT molecular complexity index is 866. The highest BCUT2D eigenvalue weighted by atomic mass is 35.5. The van der Waals surface area contributed by atoms with Gasteiger partial charge in [-0.3, -0.25) is 0 Å². The molecule has 25 heavy (non-hydrogen) atoms. The van der Waals surface area contributed by atoms with Crippen LogP contribution in [0.1, 0.15) is 37.2 Å². The second-order valence-electron chi connectivity index (χ2n) is 6.32. The maximum Gasteiger partial charge on any atom is 0.261 e. The zero-order valence-corrected chi connectivity index (χ0v) is 15.3. The van der Waals surface area contributed by atoms with Crippen molar-refractivity contribution in [2.45, 2.75) is 38.1 Å². The normalized spacial score (nSPS) is 16.0. The number of rotatable bonds is 3. The fourth-order valence-electron chi connectivity index (χ4n) is 3.23. The molecule has 0 bridgehead atoms. The third kappa shape index (κ3) is 3.17. The molecular formula is C17H19Cl2N5O. The third-order valence-electron chi connectivity index (χ3n) is 4.68. The van der Waals surface area contributed by atoms with Crippen molar-refractivity contribution in [3.63, 3.8) is 0 Å². The van der Waals surface area contributed by atoms with Gasteiger partial charge in [0.1, 0.15) is 0 Å². The molecule has 6 nitrogen and oxygen atoms in total. The molecule has 2 aromatic heterocycles. The molecule has 1 saturated carbocycles. The van der Waals surface area contributed by atoms with E-state index in [0.29, 0.717) is 16.7 Å². The first-order valence-electron chi connectivity index (χ1n) is 8.01. The Hall–Kier alpha value is -1.89. The number of benzene rings is 1. The van der Waals surface area contributed by atoms with Crippen LogP contribution in [0.3, 0.4) is 0 Å². The fraction of sp³-hybridized carbons (Fsp3) is 0.353. The Morgan fingerprint density at radius 3 is 2.56 bits per heavy atom. The fourth-order valence-corrected chi connectivity index (χ4v) is 3.35. The molecule has 1 aliphatic rings. The van der Waals surface area contributed by atoms with Crippen molar-refractivity contribution < 1.29 is 4.52 Å². The van der Waals surface area contributed by atoms with Crippen LogP contribution >= 0.6 is 24.0 Å². The van der Waals surface area contributed by atoms with Gasteiger partial charge in [-0.1, -0.05) is 29.6 Å². The van der Waals surface area contributed by atoms with Crippen molar-refractivity contribution in [3.8, 4) is 17.1 Å². The maximum absolute atomic E-state index is 6.40. The Balaban J connectivity index is 0.00000182. The lowest BCUT2D eigenvalue weighted by Crippen LogP contribution is -2.34. The van der Waals surface area contributed by atoms with Gasteiger partial charge >= 0.3 is 0 Å². The van der Waals surface area contributed by atoms with E-state index in [9.17, 15) is 0 Å². The van der Waals surface area contributed by atoms with Gasteiger partial charge in [-0.2, -0.15) is 10.1 Å². The molecule has 2 heterocycles. The highest BCUT2D eigenvalue weighted by molar-refractivity contribution is 6.30. The smallest absolute Gasteiger partial charge is 0.261 e. The monoisotopic (exact) mass is 379 g/mol. The predicted octanol–water partition coefficient (Wildman–Crippen LogP) is 4.03. The minimum Gasteiger partial charge on any atom is -0.334 e. The summed E-state index contributed by atoms with van der Waals surface area (Å²) in [6.45, 7) is 1.97. The molecule has 132 valence electrons. The summed E-state index contributed by atoms with van der Waals surface area (Å²) in [6.07, 6.45) is 5.74. The molecule has 8 heteroatoms. The van der Waals surface area contributed by atoms with Crippen LogP contribution in [0.25, 0.3) is 17.1 Å². The molecular weight excluding hydrogens is 361 g/mol. The molecule has 0 spiro atoms. The van der Waals surface area contributed by atoms with Gasteiger partial charge in [-0.25, -0.2) is 4.68 Å². The van der Waals surface area contributed by atoms with Gasteiger partial charge in [-0.05, 0) is 44.0 Å². The average Bonchev–Trinajstić information content (AvgIpc) is 3.28. The Morgan fingerprint density at radius 1 is 1.20 bits per heavy atom. The van der Waals surface area contributed by atoms with E-state index < -0.39 is 5.54 Å². The number of halogens is 2. The van der Waals surface area contributed by atoms with Crippen molar-refractivity contribution in [1.29, 1.82) is 0 Å². The van der Waals surface area contributed by atoms with E-state index in [1.165, 1.54) is 0 Å². The van der Waals surface area contributed by atoms with E-state index in [4.69, 9.17) is 21.9 Å². The molecule has 0 aliphatic heterocycles. The van der Waals surface area contributed by atoms with Crippen molar-refractivity contribution >= 4 is 24.0 Å². The lowest BCUT2D eigenvalue weighted by molar-refractivity contribution is 0.372. The SMILES string of the molecule is Cc1c(-c2nc(C3(N)CCCC3)no2)cnn1-c1ccc(Cl)cc1.Cl. The Morgan fingerprint density at radius 2 is 1.88 bits per heavy atom. The lowest BCUT2D eigenvalue weighted by Gasteiger charge is -2.17. The maximum atomic E-state index is 6.40. The summed E-state index contributed by atoms with van der Waals surface area (Å²) in [4.78, 5) is 4.54. The first-order chi connectivity index (χ1) is 11.6. The molecule has 2 N–H and O–H groups in total. The predicted molar refractivity (Wildman–Crippen MR) is 98.2 cm³/mol. The number of nitrogens with zero attached hydrogens (tertiary/aromatic N) is 4. The second kappa shape index (κ2) is 6.78. The minimum absolute atomic E-state index is 0. The summed E-state index contributed by atoms with van der Waals surface area (Å²) in [5, 5.41) is 9.24. The number of nitrogens with two attached hydrogens (primary N) is 1. The Labute approximate surface area is 156 Å². The standard InChI is InChI=1S/C17H18ClN5O.ClH/c1-11-14(10-20-23(11)13-6-4-12(18)5-7-13)15-21-16(22-24-15)17(19)8-2-3-9-17;/h4-7,10H,2-3,8-9,19H2,1H3;1H. The van der Waals surface area contributed by atoms with Gasteiger partial charge < -0.3 is 10.3 Å². The van der Waals surface area contributed by atoms with E-state index in [-0.39, 0.29) is 12.4 Å². The largest absolute Gasteiger partial charge is 0.334 e. The van der Waals surface area contributed by atoms with Crippen LogP contribution in [0, 0.1) is 6.92 Å². The third-order valence-corrected chi connectivity index (χ3v) is 4.93. The van der Waals surface area contributed by atoms with Gasteiger partial charge in [0.25, 0.3) is 5.89 Å². The molecule has 0 atom stereocenters. The van der Waals surface area contributed by atoms with E-state index in [2.05, 4.69) is 15.2 Å². The van der Waals surface area contributed by atoms with Crippen LogP contribution < -0.4 is 5.73 Å². The zero-order chi connectivity index (χ0) is 16.7. The second-order valence-corrected chi connectivity index (χ2v) is 6.75. The number of hydrogen-bond donors (Lipinski definition) is 1. The average molecular weight is 380 g/mol. The molecule has 0 radical (unpaired) electrons. The van der Waals surface area contributed by atoms with Gasteiger partial charge in [0.05, 0.1) is 28.7 Å². The number of aromatic nitrogens is 4. The van der Waals surface area contributed by atoms with Gasteiger partial charge in [0.2, 0.25) is 0 Å². The molecule has 4 rings (SSSR count). The van der Waals surface area contributed by atoms with Crippen LogP contribution in [0.2, 0.25) is 5.02 Å². The van der Waals surface area contributed by atoms with Crippen molar-refractivity contribution in [3.05, 3.63) is 47.0 Å². The van der Waals surface area contributed by atoms with Crippen LogP contribution in [-0.2, 0) is 5.54 Å². The summed E-state index contributed by atoms with van der Waals surface area (Å²) in [6, 6.07) is 7.50. The molecule has 1 aromatic carbocycles. The van der Waals surface area contributed by atoms with Crippen LogP contribution in [-0.4, -0.2) is 19.9 Å². The summed E-state index contributed by atoms with van der Waals surface area (Å²) in [5.41, 5.74) is 8.60. The van der Waals surface area contributed by atoms with Gasteiger partial charge in [-0.15, -0.1) is 12.4 Å². The summed E-state index contributed by atoms with van der Waals surface area (Å²) in [7, 11) is 0. The molecule has 3 aromatic rings. The quantitative estimate of drug-likeness (QED) is 0.742. The van der Waals surface area contributed by atoms with E-state index >= 15 is 0 Å². The zero-order valence-electron chi connectivity index (χ0n) is 13.8. The highest BCUT2D eigenvalue weighted by Crippen LogP contribution is 2.35. The number of hydrogen-bond acceptors (Lipinski definition) is 5. The molecule has 0 amide bonds. The topological polar surface area (TPSA) is 82.8 Å². The highest BCUT2D eigenvalue weighted by Gasteiger charge is 2.36. The molecule has 1 fully saturated rings. The van der Waals surface area contributed by atoms with Crippen LogP contribution in [0.5, 0.6) is 0 Å². The molecule has 0 unspecified atom stereocenters. The van der Waals surface area contributed by atoms with Gasteiger partial charge in [0, 0.05) is 5.02 Å². The van der Waals surface area contributed by atoms with E-state index in [1.54, 1.807) is 6.20 Å². The Kier molecular flexibility index (Phi) is 4.86. The first kappa shape index (κ1) is 17.9. The van der Waals surface area contributed by atoms with E-state index in [0.717, 1.165) is 42.6 Å². The first-order valence-corrected chi connectivity index (χ1v) is 8.39. The van der Waals surface area contributed by atoms with Crippen molar-refractivity contribution in [2.75, 3.05) is 0 Å². The summed E-state index contributed by atoms with van der Waals surface area (Å²) in [5.74, 6) is 1.05. The minimum atomic E-state index is -0.457. The van der Waals surface area contributed by atoms with Gasteiger partial charge in [0.15, 0.2) is 5.82 Å². The van der Waals surface area contributed by atoms with Crippen molar-refractivity contribution in [1.82, 2.24) is 19.9 Å². The van der Waals surface area contributed by atoms with Crippen LogP contribution in [0.4, 0.5) is 0 Å².